The molecule has 0 spiro atoms. The standard InChI is InChI=1S/C17H34N2.H3O4P/c1-5-9-10-11-12-13-14-19-16(6-2)15-18(8-4)17(19)7-3;1-5(2,3)4/h15,17H,5-14H2,1-4H3;(H3,1,2,3,4). The van der Waals surface area contributed by atoms with Gasteiger partial charge in [0, 0.05) is 25.0 Å². The Morgan fingerprint density at radius 3 is 2.00 bits per heavy atom. The van der Waals surface area contributed by atoms with Gasteiger partial charge in [-0.25, -0.2) is 4.57 Å². The number of hydrogen-bond acceptors (Lipinski definition) is 3. The first kappa shape index (κ1) is 23.4. The molecule has 7 heteroatoms. The van der Waals surface area contributed by atoms with Crippen molar-refractivity contribution in [3.05, 3.63) is 11.9 Å². The Hall–Kier alpha value is -0.550. The highest BCUT2D eigenvalue weighted by Gasteiger charge is 2.27. The van der Waals surface area contributed by atoms with Crippen LogP contribution in [0.15, 0.2) is 11.9 Å². The summed E-state index contributed by atoms with van der Waals surface area (Å²) in [4.78, 5) is 26.7. The summed E-state index contributed by atoms with van der Waals surface area (Å²) in [6.45, 7) is 11.5. The van der Waals surface area contributed by atoms with E-state index in [-0.39, 0.29) is 0 Å². The highest BCUT2D eigenvalue weighted by molar-refractivity contribution is 7.45. The van der Waals surface area contributed by atoms with Gasteiger partial charge in [-0.1, -0.05) is 52.9 Å². The molecule has 1 rings (SSSR count). The van der Waals surface area contributed by atoms with Gasteiger partial charge in [0.2, 0.25) is 0 Å². The van der Waals surface area contributed by atoms with Gasteiger partial charge in [-0.2, -0.15) is 0 Å². The van der Waals surface area contributed by atoms with Crippen molar-refractivity contribution in [2.45, 2.75) is 85.2 Å². The zero-order valence-corrected chi connectivity index (χ0v) is 16.7. The molecule has 0 aromatic rings. The lowest BCUT2D eigenvalue weighted by molar-refractivity contribution is 0.140. The molecule has 0 aromatic heterocycles. The largest absolute Gasteiger partial charge is 0.466 e. The minimum Gasteiger partial charge on any atom is -0.356 e. The molecule has 24 heavy (non-hydrogen) atoms. The first-order chi connectivity index (χ1) is 11.3. The molecule has 1 aliphatic rings. The van der Waals surface area contributed by atoms with E-state index < -0.39 is 7.82 Å². The fourth-order valence-corrected chi connectivity index (χ4v) is 3.13. The first-order valence-corrected chi connectivity index (χ1v) is 10.9. The maximum Gasteiger partial charge on any atom is 0.466 e. The number of allylic oxidation sites excluding steroid dienone is 1. The van der Waals surface area contributed by atoms with E-state index in [2.05, 4.69) is 43.7 Å². The van der Waals surface area contributed by atoms with Crippen molar-refractivity contribution in [2.75, 3.05) is 13.1 Å². The lowest BCUT2D eigenvalue weighted by atomic mass is 10.1. The Labute approximate surface area is 147 Å². The quantitative estimate of drug-likeness (QED) is 0.401. The number of rotatable bonds is 10. The van der Waals surface area contributed by atoms with Gasteiger partial charge in [-0.15, -0.1) is 0 Å². The molecule has 0 radical (unpaired) electrons. The molecule has 0 saturated carbocycles. The second kappa shape index (κ2) is 12.8. The second-order valence-corrected chi connectivity index (χ2v) is 7.19. The van der Waals surface area contributed by atoms with Gasteiger partial charge in [0.15, 0.2) is 0 Å². The van der Waals surface area contributed by atoms with E-state index in [4.69, 9.17) is 19.2 Å². The Morgan fingerprint density at radius 2 is 1.54 bits per heavy atom. The Bertz CT molecular complexity index is 390. The molecule has 1 unspecified atom stereocenters. The van der Waals surface area contributed by atoms with E-state index >= 15 is 0 Å². The van der Waals surface area contributed by atoms with Crippen molar-refractivity contribution in [3.8, 4) is 0 Å². The van der Waals surface area contributed by atoms with Crippen molar-refractivity contribution < 1.29 is 19.2 Å². The van der Waals surface area contributed by atoms with Crippen LogP contribution in [0.4, 0.5) is 0 Å². The predicted molar refractivity (Wildman–Crippen MR) is 99.2 cm³/mol. The van der Waals surface area contributed by atoms with Crippen LogP contribution in [-0.4, -0.2) is 43.7 Å². The van der Waals surface area contributed by atoms with Crippen LogP contribution in [0.2, 0.25) is 0 Å². The Kier molecular flexibility index (Phi) is 12.5. The third kappa shape index (κ3) is 10.3. The van der Waals surface area contributed by atoms with Crippen molar-refractivity contribution in [2.24, 2.45) is 0 Å². The third-order valence-electron chi connectivity index (χ3n) is 4.27. The van der Waals surface area contributed by atoms with E-state index in [0.29, 0.717) is 6.17 Å². The maximum absolute atomic E-state index is 8.88. The Morgan fingerprint density at radius 1 is 1.00 bits per heavy atom. The summed E-state index contributed by atoms with van der Waals surface area (Å²) < 4.78 is 8.88. The van der Waals surface area contributed by atoms with E-state index in [0.717, 1.165) is 6.54 Å². The second-order valence-electron chi connectivity index (χ2n) is 6.17. The zero-order valence-electron chi connectivity index (χ0n) is 15.8. The molecule has 0 aliphatic carbocycles. The summed E-state index contributed by atoms with van der Waals surface area (Å²) >= 11 is 0. The minimum absolute atomic E-state index is 0.621. The molecule has 6 nitrogen and oxygen atoms in total. The van der Waals surface area contributed by atoms with Crippen LogP contribution in [0.5, 0.6) is 0 Å². The normalized spacial score (nSPS) is 17.6. The molecule has 0 amide bonds. The minimum atomic E-state index is -4.64. The van der Waals surface area contributed by atoms with Gasteiger partial charge < -0.3 is 24.5 Å². The summed E-state index contributed by atoms with van der Waals surface area (Å²) in [5.41, 5.74) is 1.54. The van der Waals surface area contributed by atoms with Crippen LogP contribution in [0.1, 0.15) is 79.1 Å². The zero-order chi connectivity index (χ0) is 18.6. The molecule has 3 N–H and O–H groups in total. The number of unbranched alkanes of at least 4 members (excludes halogenated alkanes) is 5. The molecule has 0 saturated heterocycles. The van der Waals surface area contributed by atoms with Gasteiger partial charge in [0.05, 0.1) is 0 Å². The molecule has 1 heterocycles. The van der Waals surface area contributed by atoms with Crippen LogP contribution in [0, 0.1) is 0 Å². The third-order valence-corrected chi connectivity index (χ3v) is 4.27. The van der Waals surface area contributed by atoms with E-state index in [1.165, 1.54) is 57.9 Å². The maximum atomic E-state index is 8.88. The highest BCUT2D eigenvalue weighted by Crippen LogP contribution is 2.27. The monoisotopic (exact) mass is 364 g/mol. The highest BCUT2D eigenvalue weighted by atomic mass is 31.2. The first-order valence-electron chi connectivity index (χ1n) is 9.29. The van der Waals surface area contributed by atoms with E-state index in [9.17, 15) is 0 Å². The average Bonchev–Trinajstić information content (AvgIpc) is 2.86. The van der Waals surface area contributed by atoms with E-state index in [1.54, 1.807) is 5.70 Å². The smallest absolute Gasteiger partial charge is 0.356 e. The lowest BCUT2D eigenvalue weighted by Gasteiger charge is -2.33. The van der Waals surface area contributed by atoms with Gasteiger partial charge in [0.25, 0.3) is 0 Å². The topological polar surface area (TPSA) is 84.2 Å². The van der Waals surface area contributed by atoms with Crippen LogP contribution in [0.3, 0.4) is 0 Å². The van der Waals surface area contributed by atoms with Crippen molar-refractivity contribution in [3.63, 3.8) is 0 Å². The number of nitrogens with zero attached hydrogens (tertiary/aromatic N) is 2. The summed E-state index contributed by atoms with van der Waals surface area (Å²) in [7, 11) is -4.64. The van der Waals surface area contributed by atoms with Crippen LogP contribution in [-0.2, 0) is 4.57 Å². The molecule has 0 bridgehead atoms. The van der Waals surface area contributed by atoms with Crippen molar-refractivity contribution in [1.29, 1.82) is 0 Å². The molecule has 1 atom stereocenters. The van der Waals surface area contributed by atoms with Gasteiger partial charge >= 0.3 is 7.82 Å². The summed E-state index contributed by atoms with van der Waals surface area (Å²) in [6, 6.07) is 0. The molecule has 0 aromatic carbocycles. The summed E-state index contributed by atoms with van der Waals surface area (Å²) in [5, 5.41) is 0. The SMILES string of the molecule is CCCCCCCCN1C(CC)=CN(CC)C1CC.O=P(O)(O)O. The molecular formula is C17H37N2O4P. The number of phosphoric acid groups is 1. The molecular weight excluding hydrogens is 327 g/mol. The number of hydrogen-bond donors (Lipinski definition) is 3. The predicted octanol–water partition coefficient (Wildman–Crippen LogP) is 4.04. The van der Waals surface area contributed by atoms with E-state index in [1.807, 2.05) is 0 Å². The fourth-order valence-electron chi connectivity index (χ4n) is 3.13. The van der Waals surface area contributed by atoms with Crippen LogP contribution >= 0.6 is 7.82 Å². The van der Waals surface area contributed by atoms with Crippen LogP contribution < -0.4 is 0 Å². The molecule has 1 aliphatic heterocycles. The van der Waals surface area contributed by atoms with Crippen LogP contribution in [0.25, 0.3) is 0 Å². The van der Waals surface area contributed by atoms with Crippen molar-refractivity contribution >= 4 is 7.82 Å². The molecule has 0 fully saturated rings. The van der Waals surface area contributed by atoms with Gasteiger partial charge in [-0.3, -0.25) is 0 Å². The lowest BCUT2D eigenvalue weighted by Crippen LogP contribution is -2.39. The van der Waals surface area contributed by atoms with Crippen molar-refractivity contribution in [1.82, 2.24) is 9.80 Å². The van der Waals surface area contributed by atoms with Gasteiger partial charge in [0.1, 0.15) is 6.17 Å². The summed E-state index contributed by atoms with van der Waals surface area (Å²) in [6.07, 6.45) is 13.8. The van der Waals surface area contributed by atoms with Gasteiger partial charge in [-0.05, 0) is 26.2 Å². The Balaban J connectivity index is 0.000000922. The summed E-state index contributed by atoms with van der Waals surface area (Å²) in [5.74, 6) is 0. The average molecular weight is 364 g/mol. The molecule has 144 valence electrons. The fraction of sp³-hybridized carbons (Fsp3) is 0.882.